The maximum absolute atomic E-state index is 13.6. The number of phosphoric ester groups is 2. The van der Waals surface area contributed by atoms with Crippen LogP contribution >= 0.6 is 15.6 Å². The molecule has 0 radical (unpaired) electrons. The number of benzene rings is 1. The number of imidazole rings is 2. The summed E-state index contributed by atoms with van der Waals surface area (Å²) in [6.45, 7) is 3.57. The molecule has 0 saturated carbocycles. The summed E-state index contributed by atoms with van der Waals surface area (Å²) >= 11 is 0. The first-order chi connectivity index (χ1) is 28.9. The lowest BCUT2D eigenvalue weighted by Crippen LogP contribution is -2.41. The Morgan fingerprint density at radius 1 is 0.902 bits per heavy atom. The molecule has 2 saturated heterocycles. The number of ether oxygens (including phenoxy) is 3. The molecule has 1 aromatic carbocycles. The first-order valence-electron chi connectivity index (χ1n) is 18.3. The molecule has 8 N–H and O–H groups in total. The highest BCUT2D eigenvalue weighted by molar-refractivity contribution is 7.47. The van der Waals surface area contributed by atoms with Crippen LogP contribution in [-0.4, -0.2) is 132 Å². The van der Waals surface area contributed by atoms with Crippen molar-refractivity contribution in [3.05, 3.63) is 65.2 Å². The Labute approximate surface area is 343 Å². The number of anilines is 2. The minimum Gasteiger partial charge on any atom is -0.387 e. The molecule has 2 aliphatic heterocycles. The number of nitrogens with one attached hydrogen (secondary N) is 3. The third-order valence-corrected chi connectivity index (χ3v) is 11.2. The van der Waals surface area contributed by atoms with Gasteiger partial charge in [-0.05, 0) is 19.1 Å². The van der Waals surface area contributed by atoms with E-state index in [0.29, 0.717) is 5.56 Å². The van der Waals surface area contributed by atoms with E-state index in [4.69, 9.17) is 27.8 Å². The minimum atomic E-state index is -5.28. The van der Waals surface area contributed by atoms with Gasteiger partial charge in [-0.3, -0.25) is 47.4 Å². The summed E-state index contributed by atoms with van der Waals surface area (Å²) in [5.74, 6) is -1.60. The maximum atomic E-state index is 13.6. The Bertz CT molecular complexity index is 2570. The molecular weight excluding hydrogens is 854 g/mol. The average Bonchev–Trinajstić information content (AvgIpc) is 3.97. The number of aliphatic hydroxyl groups excluding tert-OH is 2. The van der Waals surface area contributed by atoms with Crippen LogP contribution in [0.25, 0.3) is 22.3 Å². The zero-order valence-electron chi connectivity index (χ0n) is 32.4. The molecule has 2 amide bonds. The van der Waals surface area contributed by atoms with Crippen LogP contribution in [0.1, 0.15) is 43.6 Å². The Morgan fingerprint density at radius 3 is 2.26 bits per heavy atom. The van der Waals surface area contributed by atoms with E-state index in [1.165, 1.54) is 24.9 Å². The molecule has 26 nitrogen and oxygen atoms in total. The van der Waals surface area contributed by atoms with Gasteiger partial charge in [0.2, 0.25) is 11.9 Å². The monoisotopic (exact) mass is 894 g/mol. The van der Waals surface area contributed by atoms with Crippen LogP contribution < -0.4 is 16.2 Å². The molecule has 2 aliphatic rings. The maximum Gasteiger partial charge on any atom is 0.472 e. The fourth-order valence-electron chi connectivity index (χ4n) is 6.69. The van der Waals surface area contributed by atoms with E-state index in [1.54, 1.807) is 44.2 Å². The number of fused-ring (bicyclic) bond motifs is 2. The molecule has 7 rings (SSSR count). The van der Waals surface area contributed by atoms with Crippen LogP contribution in [0.4, 0.5) is 11.8 Å². The molecule has 61 heavy (non-hydrogen) atoms. The molecule has 28 heteroatoms. The molecule has 2 fully saturated rings. The normalized spacial score (nSPS) is 25.9. The number of phosphoric acid groups is 2. The molecule has 328 valence electrons. The van der Waals surface area contributed by atoms with Crippen molar-refractivity contribution >= 4 is 61.6 Å². The highest BCUT2D eigenvalue weighted by atomic mass is 31.2. The second-order valence-corrected chi connectivity index (χ2v) is 16.7. The number of nitrogens with zero attached hydrogens (tertiary/aromatic N) is 7. The van der Waals surface area contributed by atoms with Gasteiger partial charge in [-0.1, -0.05) is 32.0 Å². The third-order valence-electron chi connectivity index (χ3n) is 9.63. The highest BCUT2D eigenvalue weighted by Gasteiger charge is 2.54. The van der Waals surface area contributed by atoms with E-state index < -0.39 is 101 Å². The Kier molecular flexibility index (Phi) is 12.6. The van der Waals surface area contributed by atoms with Gasteiger partial charge in [0.1, 0.15) is 43.0 Å². The standard InChI is InChI=1S/C33H40N10O16P2/c1-14(2)28(46)40-33-39-27-19(30(48)41-33)37-13-43(27)31-21(45)20(44)17(56-31)10-55-61(52,53)59-23-22(15(3)58-60(49,50)51)57-32(24(23)54-4)42-12-36-18-25(34-11-35-26(18)42)38-29(47)16-8-6-5-7-9-16/h5-9,11-15,17,20-24,31-32,44-45H,10H2,1-4H3,(H,52,53)(H2,49,50,51)(H,34,35,38,47)(H2,39,40,41,46,48)/t15-,17+,20+,21+,22?,23+,24+,31+,32+/m0/s1. The van der Waals surface area contributed by atoms with Gasteiger partial charge in [-0.2, -0.15) is 4.98 Å². The van der Waals surface area contributed by atoms with Gasteiger partial charge in [-0.15, -0.1) is 0 Å². The SMILES string of the molecule is CO[C@@H]1[C@H](OP(=O)(O)OC[C@H]2O[C@@H](n3cnc4c(=O)[nH]c(NC(=O)C(C)C)nc43)[C@H](O)[C@@H]2O)C([C@H](C)OP(=O)(O)O)O[C@H]1n1cnc2c(NC(=O)c3ccccc3)ncnc21. The van der Waals surface area contributed by atoms with Gasteiger partial charge in [0.05, 0.1) is 25.4 Å². The molecule has 0 bridgehead atoms. The molecule has 10 atom stereocenters. The van der Waals surface area contributed by atoms with Gasteiger partial charge in [0.25, 0.3) is 11.5 Å². The number of carbonyl (C=O) groups is 2. The number of carbonyl (C=O) groups excluding carboxylic acids is 2. The van der Waals surface area contributed by atoms with Crippen molar-refractivity contribution < 1.29 is 71.4 Å². The van der Waals surface area contributed by atoms with Crippen molar-refractivity contribution in [1.82, 2.24) is 39.0 Å². The summed E-state index contributed by atoms with van der Waals surface area (Å²) in [7, 11) is -9.25. The Morgan fingerprint density at radius 2 is 1.59 bits per heavy atom. The van der Waals surface area contributed by atoms with Crippen molar-refractivity contribution in [3.8, 4) is 0 Å². The molecule has 2 unspecified atom stereocenters. The van der Waals surface area contributed by atoms with E-state index in [9.17, 15) is 48.4 Å². The lowest BCUT2D eigenvalue weighted by atomic mass is 10.1. The Balaban J connectivity index is 1.10. The fraction of sp³-hybridized carbons (Fsp3) is 0.455. The van der Waals surface area contributed by atoms with Crippen molar-refractivity contribution in [1.29, 1.82) is 0 Å². The van der Waals surface area contributed by atoms with Gasteiger partial charge >= 0.3 is 15.6 Å². The van der Waals surface area contributed by atoms with Crippen LogP contribution in [0.3, 0.4) is 0 Å². The van der Waals surface area contributed by atoms with Crippen molar-refractivity contribution in [2.75, 3.05) is 24.4 Å². The van der Waals surface area contributed by atoms with E-state index >= 15 is 0 Å². The van der Waals surface area contributed by atoms with E-state index in [-0.39, 0.29) is 34.1 Å². The molecule has 5 aromatic rings. The highest BCUT2D eigenvalue weighted by Crippen LogP contribution is 2.51. The summed E-state index contributed by atoms with van der Waals surface area (Å²) in [4.78, 5) is 91.4. The summed E-state index contributed by atoms with van der Waals surface area (Å²) < 4.78 is 61.2. The summed E-state index contributed by atoms with van der Waals surface area (Å²) in [6, 6.07) is 8.28. The van der Waals surface area contributed by atoms with Gasteiger partial charge in [-0.25, -0.2) is 29.1 Å². The van der Waals surface area contributed by atoms with E-state index in [0.717, 1.165) is 17.2 Å². The lowest BCUT2D eigenvalue weighted by Gasteiger charge is -2.28. The Hall–Kier alpha value is -4.92. The van der Waals surface area contributed by atoms with Gasteiger partial charge < -0.3 is 44.4 Å². The van der Waals surface area contributed by atoms with Gasteiger partial charge in [0, 0.05) is 18.6 Å². The number of amides is 2. The first kappa shape index (κ1) is 44.1. The summed E-state index contributed by atoms with van der Waals surface area (Å²) in [5.41, 5.74) is -0.543. The number of aliphatic hydroxyl groups is 2. The largest absolute Gasteiger partial charge is 0.472 e. The van der Waals surface area contributed by atoms with Crippen LogP contribution in [0.5, 0.6) is 0 Å². The number of methoxy groups -OCH3 is 1. The van der Waals surface area contributed by atoms with Crippen LogP contribution in [0.15, 0.2) is 54.1 Å². The number of aromatic nitrogens is 8. The lowest BCUT2D eigenvalue weighted by molar-refractivity contribution is -0.118. The first-order valence-corrected chi connectivity index (χ1v) is 21.3. The fourth-order valence-corrected chi connectivity index (χ4v) is 8.19. The van der Waals surface area contributed by atoms with Crippen LogP contribution in [0, 0.1) is 5.92 Å². The van der Waals surface area contributed by atoms with Crippen LogP contribution in [0.2, 0.25) is 0 Å². The van der Waals surface area contributed by atoms with Crippen molar-refractivity contribution in [3.63, 3.8) is 0 Å². The number of hydrogen-bond acceptors (Lipinski definition) is 18. The molecule has 0 spiro atoms. The molecule has 6 heterocycles. The topological polar surface area (TPSA) is 356 Å². The second-order valence-electron chi connectivity index (χ2n) is 14.1. The van der Waals surface area contributed by atoms with E-state index in [2.05, 4.69) is 40.5 Å². The number of hydrogen-bond donors (Lipinski definition) is 8. The average molecular weight is 895 g/mol. The zero-order valence-corrected chi connectivity index (χ0v) is 34.1. The number of rotatable bonds is 15. The number of aromatic amines is 1. The van der Waals surface area contributed by atoms with Crippen molar-refractivity contribution in [2.24, 2.45) is 5.92 Å². The molecular formula is C33H40N10O16P2. The smallest absolute Gasteiger partial charge is 0.387 e. The molecule has 4 aromatic heterocycles. The predicted molar refractivity (Wildman–Crippen MR) is 205 cm³/mol. The predicted octanol–water partition coefficient (Wildman–Crippen LogP) is 0.338. The summed E-state index contributed by atoms with van der Waals surface area (Å²) in [5, 5.41) is 27.0. The van der Waals surface area contributed by atoms with Crippen molar-refractivity contribution in [2.45, 2.75) is 76.0 Å². The quantitative estimate of drug-likeness (QED) is 0.0657. The molecule has 0 aliphatic carbocycles. The van der Waals surface area contributed by atoms with E-state index in [1.807, 2.05) is 0 Å². The second kappa shape index (κ2) is 17.5. The zero-order chi connectivity index (χ0) is 44.0. The minimum absolute atomic E-state index is 0.0232. The third kappa shape index (κ3) is 9.31. The van der Waals surface area contributed by atoms with Gasteiger partial charge in [0.15, 0.2) is 40.6 Å². The summed E-state index contributed by atoms with van der Waals surface area (Å²) in [6.07, 6.45) is -10.4. The number of H-pyrrole nitrogens is 1. The van der Waals surface area contributed by atoms with Crippen LogP contribution in [-0.2, 0) is 41.7 Å².